The summed E-state index contributed by atoms with van der Waals surface area (Å²) in [5.41, 5.74) is 3.42. The minimum Gasteiger partial charge on any atom is -0.493 e. The number of halogens is 1. The highest BCUT2D eigenvalue weighted by atomic mass is 35.5. The molecule has 3 aromatic carbocycles. The van der Waals surface area contributed by atoms with Crippen LogP contribution in [0.25, 0.3) is 11.1 Å². The summed E-state index contributed by atoms with van der Waals surface area (Å²) in [6, 6.07) is 18.2. The van der Waals surface area contributed by atoms with Crippen LogP contribution in [0.4, 0.5) is 0 Å². The highest BCUT2D eigenvalue weighted by molar-refractivity contribution is 6.32. The van der Waals surface area contributed by atoms with Gasteiger partial charge in [-0.3, -0.25) is 4.79 Å². The number of aryl methyl sites for hydroxylation is 1. The zero-order chi connectivity index (χ0) is 23.1. The summed E-state index contributed by atoms with van der Waals surface area (Å²) in [6.45, 7) is 1.94. The van der Waals surface area contributed by atoms with Crippen LogP contribution in [-0.2, 0) is 11.2 Å². The molecule has 0 aromatic heterocycles. The first-order valence-electron chi connectivity index (χ1n) is 10.0. The van der Waals surface area contributed by atoms with Crippen molar-refractivity contribution in [3.8, 4) is 28.4 Å². The lowest BCUT2D eigenvalue weighted by Gasteiger charge is -2.17. The van der Waals surface area contributed by atoms with Gasteiger partial charge in [-0.1, -0.05) is 48.0 Å². The minimum atomic E-state index is -0.889. The SMILES string of the molecule is COc1ccc(-c2cccc(CC(=O)O)c2)cc1OCC(O)COc1ccc(C)cc1Cl. The van der Waals surface area contributed by atoms with Crippen LogP contribution < -0.4 is 14.2 Å². The van der Waals surface area contributed by atoms with Gasteiger partial charge in [0.1, 0.15) is 25.1 Å². The lowest BCUT2D eigenvalue weighted by atomic mass is 10.0. The normalized spacial score (nSPS) is 11.6. The summed E-state index contributed by atoms with van der Waals surface area (Å²) < 4.78 is 16.8. The lowest BCUT2D eigenvalue weighted by Crippen LogP contribution is -2.25. The fraction of sp³-hybridized carbons (Fsp3) is 0.240. The van der Waals surface area contributed by atoms with E-state index in [4.69, 9.17) is 30.9 Å². The van der Waals surface area contributed by atoms with E-state index < -0.39 is 12.1 Å². The summed E-state index contributed by atoms with van der Waals surface area (Å²) in [4.78, 5) is 11.0. The molecule has 6 nitrogen and oxygen atoms in total. The van der Waals surface area contributed by atoms with E-state index in [1.807, 2.05) is 37.3 Å². The second-order valence-corrected chi connectivity index (χ2v) is 7.75. The molecule has 0 aliphatic heterocycles. The van der Waals surface area contributed by atoms with Crippen molar-refractivity contribution in [2.75, 3.05) is 20.3 Å². The molecule has 3 rings (SSSR count). The van der Waals surface area contributed by atoms with Crippen LogP contribution in [0.2, 0.25) is 5.02 Å². The Hall–Kier alpha value is -3.22. The third kappa shape index (κ3) is 6.39. The van der Waals surface area contributed by atoms with Gasteiger partial charge in [-0.05, 0) is 53.4 Å². The van der Waals surface area contributed by atoms with E-state index in [1.165, 1.54) is 7.11 Å². The molecule has 0 radical (unpaired) electrons. The van der Waals surface area contributed by atoms with Gasteiger partial charge < -0.3 is 24.4 Å². The van der Waals surface area contributed by atoms with Crippen LogP contribution in [0.15, 0.2) is 60.7 Å². The zero-order valence-corrected chi connectivity index (χ0v) is 18.6. The highest BCUT2D eigenvalue weighted by Gasteiger charge is 2.13. The van der Waals surface area contributed by atoms with Gasteiger partial charge in [0.2, 0.25) is 0 Å². The second-order valence-electron chi connectivity index (χ2n) is 7.35. The number of carbonyl (C=O) groups is 1. The minimum absolute atomic E-state index is 0.0116. The Morgan fingerprint density at radius 3 is 2.31 bits per heavy atom. The molecule has 0 aliphatic rings. The predicted molar refractivity (Wildman–Crippen MR) is 123 cm³/mol. The van der Waals surface area contributed by atoms with Crippen LogP contribution in [0, 0.1) is 6.92 Å². The molecule has 1 unspecified atom stereocenters. The van der Waals surface area contributed by atoms with Gasteiger partial charge in [-0.15, -0.1) is 0 Å². The molecular weight excluding hydrogens is 432 g/mol. The number of rotatable bonds is 10. The first-order chi connectivity index (χ1) is 15.4. The standard InChI is InChI=1S/C25H25ClO6/c1-16-6-8-22(21(26)10-16)31-14-20(27)15-32-24-13-19(7-9-23(24)30-2)18-5-3-4-17(11-18)12-25(28)29/h3-11,13,20,27H,12,14-15H2,1-2H3,(H,28,29). The Bertz CT molecular complexity index is 1080. The summed E-state index contributed by atoms with van der Waals surface area (Å²) in [7, 11) is 1.54. The highest BCUT2D eigenvalue weighted by Crippen LogP contribution is 2.33. The number of hydrogen-bond donors (Lipinski definition) is 2. The van der Waals surface area contributed by atoms with Gasteiger partial charge in [0, 0.05) is 0 Å². The maximum absolute atomic E-state index is 11.0. The van der Waals surface area contributed by atoms with Gasteiger partial charge >= 0.3 is 5.97 Å². The molecule has 0 amide bonds. The molecule has 0 saturated carbocycles. The van der Waals surface area contributed by atoms with E-state index in [2.05, 4.69) is 0 Å². The van der Waals surface area contributed by atoms with Crippen molar-refractivity contribution in [3.63, 3.8) is 0 Å². The van der Waals surface area contributed by atoms with Gasteiger partial charge in [0.05, 0.1) is 18.6 Å². The second kappa shape index (κ2) is 10.9. The van der Waals surface area contributed by atoms with Crippen LogP contribution >= 0.6 is 11.6 Å². The average Bonchev–Trinajstić information content (AvgIpc) is 2.76. The number of carboxylic acid groups (broad SMARTS) is 1. The molecule has 168 valence electrons. The molecule has 32 heavy (non-hydrogen) atoms. The van der Waals surface area contributed by atoms with Crippen molar-refractivity contribution in [3.05, 3.63) is 76.8 Å². The number of ether oxygens (including phenoxy) is 3. The summed E-state index contributed by atoms with van der Waals surface area (Å²) in [6.07, 6.45) is -0.940. The molecule has 3 aromatic rings. The smallest absolute Gasteiger partial charge is 0.307 e. The van der Waals surface area contributed by atoms with E-state index in [9.17, 15) is 9.90 Å². The Morgan fingerprint density at radius 1 is 0.938 bits per heavy atom. The molecule has 1 atom stereocenters. The van der Waals surface area contributed by atoms with Crippen molar-refractivity contribution >= 4 is 17.6 Å². The molecule has 0 spiro atoms. The monoisotopic (exact) mass is 456 g/mol. The number of methoxy groups -OCH3 is 1. The summed E-state index contributed by atoms with van der Waals surface area (Å²) in [5, 5.41) is 19.8. The number of carboxylic acids is 1. The number of aliphatic hydroxyl groups is 1. The topological polar surface area (TPSA) is 85.2 Å². The molecule has 0 aliphatic carbocycles. The average molecular weight is 457 g/mol. The number of aliphatic carboxylic acids is 1. The van der Waals surface area contributed by atoms with E-state index in [0.717, 1.165) is 16.7 Å². The van der Waals surface area contributed by atoms with Gasteiger partial charge in [-0.25, -0.2) is 0 Å². The molecule has 0 saturated heterocycles. The molecule has 7 heteroatoms. The summed E-state index contributed by atoms with van der Waals surface area (Å²) >= 11 is 6.15. The van der Waals surface area contributed by atoms with Gasteiger partial charge in [0.25, 0.3) is 0 Å². The Balaban J connectivity index is 1.67. The third-order valence-corrected chi connectivity index (χ3v) is 5.02. The zero-order valence-electron chi connectivity index (χ0n) is 17.9. The molecular formula is C25H25ClO6. The Labute approximate surface area is 191 Å². The van der Waals surface area contributed by atoms with Crippen LogP contribution in [0.1, 0.15) is 11.1 Å². The maximum atomic E-state index is 11.0. The molecule has 0 heterocycles. The van der Waals surface area contributed by atoms with Crippen LogP contribution in [0.3, 0.4) is 0 Å². The fourth-order valence-corrected chi connectivity index (χ4v) is 3.44. The van der Waals surface area contributed by atoms with E-state index in [1.54, 1.807) is 30.3 Å². The van der Waals surface area contributed by atoms with Crippen molar-refractivity contribution in [1.82, 2.24) is 0 Å². The molecule has 2 N–H and O–H groups in total. The van der Waals surface area contributed by atoms with Crippen LogP contribution in [-0.4, -0.2) is 42.6 Å². The molecule has 0 bridgehead atoms. The predicted octanol–water partition coefficient (Wildman–Crippen LogP) is 4.77. The van der Waals surface area contributed by atoms with Crippen molar-refractivity contribution in [2.24, 2.45) is 0 Å². The maximum Gasteiger partial charge on any atom is 0.307 e. The van der Waals surface area contributed by atoms with E-state index in [0.29, 0.717) is 27.8 Å². The number of benzene rings is 3. The van der Waals surface area contributed by atoms with Crippen LogP contribution in [0.5, 0.6) is 17.2 Å². The first kappa shape index (κ1) is 23.4. The largest absolute Gasteiger partial charge is 0.493 e. The van der Waals surface area contributed by atoms with Gasteiger partial charge in [-0.2, -0.15) is 0 Å². The lowest BCUT2D eigenvalue weighted by molar-refractivity contribution is -0.136. The summed E-state index contributed by atoms with van der Waals surface area (Å²) in [5.74, 6) is 0.590. The van der Waals surface area contributed by atoms with Crippen molar-refractivity contribution < 1.29 is 29.2 Å². The number of hydrogen-bond acceptors (Lipinski definition) is 5. The quantitative estimate of drug-likeness (QED) is 0.457. The fourth-order valence-electron chi connectivity index (χ4n) is 3.15. The Kier molecular flexibility index (Phi) is 7.98. The van der Waals surface area contributed by atoms with Gasteiger partial charge in [0.15, 0.2) is 11.5 Å². The van der Waals surface area contributed by atoms with Crippen molar-refractivity contribution in [1.29, 1.82) is 0 Å². The number of aliphatic hydroxyl groups excluding tert-OH is 1. The first-order valence-corrected chi connectivity index (χ1v) is 10.4. The van der Waals surface area contributed by atoms with E-state index in [-0.39, 0.29) is 19.6 Å². The Morgan fingerprint density at radius 2 is 1.62 bits per heavy atom. The third-order valence-electron chi connectivity index (χ3n) is 4.73. The van der Waals surface area contributed by atoms with Crippen molar-refractivity contribution in [2.45, 2.75) is 19.4 Å². The molecule has 0 fully saturated rings. The van der Waals surface area contributed by atoms with E-state index >= 15 is 0 Å².